The summed E-state index contributed by atoms with van der Waals surface area (Å²) in [5.41, 5.74) is 1.95. The zero-order valence-electron chi connectivity index (χ0n) is 16.0. The van der Waals surface area contributed by atoms with Gasteiger partial charge in [0.05, 0.1) is 12.3 Å². The van der Waals surface area contributed by atoms with E-state index in [2.05, 4.69) is 34.4 Å². The van der Waals surface area contributed by atoms with Gasteiger partial charge in [-0.1, -0.05) is 13.8 Å². The van der Waals surface area contributed by atoms with Crippen LogP contribution in [0.4, 0.5) is 0 Å². The average molecular weight is 383 g/mol. The first-order valence-corrected chi connectivity index (χ1v) is 8.48. The van der Waals surface area contributed by atoms with E-state index in [1.54, 1.807) is 6.92 Å². The zero-order valence-corrected chi connectivity index (χ0v) is 17.8. The van der Waals surface area contributed by atoms with Gasteiger partial charge in [-0.15, -0.1) is 16.4 Å². The Balaban J connectivity index is 0.00000182. The van der Waals surface area contributed by atoms with Crippen molar-refractivity contribution < 1.29 is 45.6 Å². The average Bonchev–Trinajstić information content (AvgIpc) is 3.22. The number of carbonyl (C=O) groups is 1. The van der Waals surface area contributed by atoms with Crippen molar-refractivity contribution in [1.82, 2.24) is 25.2 Å². The largest absolute Gasteiger partial charge is 1.00 e. The molecule has 0 amide bonds. The van der Waals surface area contributed by atoms with Gasteiger partial charge in [0.2, 0.25) is 0 Å². The van der Waals surface area contributed by atoms with Crippen LogP contribution in [0.25, 0.3) is 16.3 Å². The molecule has 26 heavy (non-hydrogen) atoms. The molecule has 0 aliphatic rings. The van der Waals surface area contributed by atoms with Crippen LogP contribution in [0.3, 0.4) is 0 Å². The molecule has 0 aliphatic heterocycles. The summed E-state index contributed by atoms with van der Waals surface area (Å²) < 4.78 is 7.36. The molecule has 1 aromatic carbocycles. The first-order chi connectivity index (χ1) is 12.0. The number of nitrogens with zero attached hydrogens (tertiary/aromatic N) is 5. The number of aryl methyl sites for hydroxylation is 1. The minimum atomic E-state index is -0.973. The number of tetrazole rings is 1. The fraction of sp³-hybridized carbons (Fsp3) is 0.312. The number of hydrogen-bond donors (Lipinski definition) is 1. The second kappa shape index (κ2) is 8.72. The van der Waals surface area contributed by atoms with Gasteiger partial charge < -0.3 is 11.3 Å². The first-order valence-electron chi connectivity index (χ1n) is 7.67. The number of benzene rings is 1. The first kappa shape index (κ1) is 20.5. The van der Waals surface area contributed by atoms with Crippen LogP contribution in [0, 0.1) is 12.8 Å². The number of carboxylic acids is 1. The Kier molecular flexibility index (Phi) is 6.87. The van der Waals surface area contributed by atoms with Gasteiger partial charge in [0.1, 0.15) is 27.6 Å². The third kappa shape index (κ3) is 4.47. The van der Waals surface area contributed by atoms with Crippen LogP contribution in [-0.4, -0.2) is 42.9 Å². The molecule has 0 saturated heterocycles. The summed E-state index contributed by atoms with van der Waals surface area (Å²) in [5.74, 6) is 0.0523. The van der Waals surface area contributed by atoms with Crippen molar-refractivity contribution in [3.05, 3.63) is 35.1 Å². The maximum Gasteiger partial charge on any atom is 1.00 e. The van der Waals surface area contributed by atoms with E-state index in [4.69, 9.17) is 4.74 Å². The molecule has 0 saturated carbocycles. The topological polar surface area (TPSA) is 103 Å². The van der Waals surface area contributed by atoms with Crippen molar-refractivity contribution in [2.24, 2.45) is 5.92 Å². The molecular formula is C16H18N5NaO3S. The Labute approximate surface area is 178 Å². The van der Waals surface area contributed by atoms with E-state index in [-0.39, 0.29) is 35.9 Å². The van der Waals surface area contributed by atoms with Gasteiger partial charge in [0, 0.05) is 5.56 Å². The SMILES string of the molecule is Cc1nc(-c2ccc(OCC(C)C)c(-n3cnnn3)c2)sc1C(=O)O.[H-].[Na+]. The second-order valence-corrected chi connectivity index (χ2v) is 6.88. The van der Waals surface area contributed by atoms with Crippen LogP contribution >= 0.6 is 11.3 Å². The normalized spacial score (nSPS) is 10.6. The second-order valence-electron chi connectivity index (χ2n) is 5.88. The van der Waals surface area contributed by atoms with Gasteiger partial charge in [0.25, 0.3) is 0 Å². The molecule has 0 radical (unpaired) electrons. The van der Waals surface area contributed by atoms with Crippen molar-refractivity contribution in [2.45, 2.75) is 20.8 Å². The molecular weight excluding hydrogens is 365 g/mol. The molecule has 0 atom stereocenters. The number of hydrogen-bond acceptors (Lipinski definition) is 7. The molecule has 0 fully saturated rings. The summed E-state index contributed by atoms with van der Waals surface area (Å²) in [6.45, 7) is 6.38. The van der Waals surface area contributed by atoms with E-state index in [0.717, 1.165) is 16.9 Å². The Morgan fingerprint density at radius 2 is 2.19 bits per heavy atom. The van der Waals surface area contributed by atoms with E-state index in [1.165, 1.54) is 11.0 Å². The Hall–Kier alpha value is -1.81. The maximum atomic E-state index is 11.2. The number of carboxylic acid groups (broad SMARTS) is 1. The molecule has 1 N–H and O–H groups in total. The third-order valence-electron chi connectivity index (χ3n) is 3.36. The molecule has 8 nitrogen and oxygen atoms in total. The number of rotatable bonds is 6. The molecule has 10 heteroatoms. The fourth-order valence-electron chi connectivity index (χ4n) is 2.20. The van der Waals surface area contributed by atoms with Crippen LogP contribution < -0.4 is 34.3 Å². The summed E-state index contributed by atoms with van der Waals surface area (Å²) in [6, 6.07) is 5.52. The smallest absolute Gasteiger partial charge is 1.00 e. The molecule has 2 aromatic heterocycles. The molecule has 0 spiro atoms. The monoisotopic (exact) mass is 383 g/mol. The van der Waals surface area contributed by atoms with Crippen LogP contribution in [0.1, 0.15) is 30.6 Å². The molecule has 0 bridgehead atoms. The third-order valence-corrected chi connectivity index (χ3v) is 4.56. The molecule has 0 aliphatic carbocycles. The van der Waals surface area contributed by atoms with Gasteiger partial charge in [-0.2, -0.15) is 4.68 Å². The number of aromatic carboxylic acids is 1. The van der Waals surface area contributed by atoms with Crippen LogP contribution in [0.15, 0.2) is 24.5 Å². The minimum Gasteiger partial charge on any atom is -1.00 e. The Bertz CT molecular complexity index is 902. The van der Waals surface area contributed by atoms with Crippen molar-refractivity contribution >= 4 is 17.3 Å². The molecule has 3 aromatic rings. The van der Waals surface area contributed by atoms with Crippen molar-refractivity contribution in [3.8, 4) is 22.0 Å². The van der Waals surface area contributed by atoms with E-state index >= 15 is 0 Å². The number of aromatic nitrogens is 5. The summed E-state index contributed by atoms with van der Waals surface area (Å²) >= 11 is 1.14. The van der Waals surface area contributed by atoms with E-state index in [1.807, 2.05) is 18.2 Å². The maximum absolute atomic E-state index is 11.2. The summed E-state index contributed by atoms with van der Waals surface area (Å²) in [6.07, 6.45) is 1.48. The predicted octanol–water partition coefficient (Wildman–Crippen LogP) is -0.0563. The van der Waals surface area contributed by atoms with Gasteiger partial charge in [0.15, 0.2) is 0 Å². The van der Waals surface area contributed by atoms with E-state index in [9.17, 15) is 9.90 Å². The van der Waals surface area contributed by atoms with Crippen LogP contribution in [0.5, 0.6) is 5.75 Å². The van der Waals surface area contributed by atoms with Crippen LogP contribution in [0.2, 0.25) is 0 Å². The zero-order chi connectivity index (χ0) is 18.0. The summed E-state index contributed by atoms with van der Waals surface area (Å²) in [7, 11) is 0. The summed E-state index contributed by atoms with van der Waals surface area (Å²) in [4.78, 5) is 15.8. The molecule has 3 rings (SSSR count). The fourth-order valence-corrected chi connectivity index (χ4v) is 3.10. The number of thiazole rings is 1. The van der Waals surface area contributed by atoms with Crippen molar-refractivity contribution in [1.29, 1.82) is 0 Å². The Morgan fingerprint density at radius 3 is 2.77 bits per heavy atom. The standard InChI is InChI=1S/C16H17N5O3S.Na.H/c1-9(2)7-24-13-5-4-11(6-12(13)21-8-17-19-20-21)15-18-10(3)14(25-15)16(22)23;;/h4-6,8-9H,7H2,1-3H3,(H,22,23);;/q;+1;-1. The van der Waals surface area contributed by atoms with E-state index < -0.39 is 5.97 Å². The van der Waals surface area contributed by atoms with Gasteiger partial charge in [-0.25, -0.2) is 9.78 Å². The molecule has 0 unspecified atom stereocenters. The van der Waals surface area contributed by atoms with Crippen LogP contribution in [-0.2, 0) is 0 Å². The van der Waals surface area contributed by atoms with Crippen molar-refractivity contribution in [3.63, 3.8) is 0 Å². The Morgan fingerprint density at radius 1 is 1.42 bits per heavy atom. The van der Waals surface area contributed by atoms with E-state index in [0.29, 0.717) is 34.7 Å². The van der Waals surface area contributed by atoms with Gasteiger partial charge in [-0.3, -0.25) is 0 Å². The predicted molar refractivity (Wildman–Crippen MR) is 93.4 cm³/mol. The number of ether oxygens (including phenoxy) is 1. The molecule has 132 valence electrons. The van der Waals surface area contributed by atoms with Crippen molar-refractivity contribution in [2.75, 3.05) is 6.61 Å². The quantitative estimate of drug-likeness (QED) is 0.595. The molecule has 2 heterocycles. The van der Waals surface area contributed by atoms with Gasteiger partial charge in [-0.05, 0) is 41.5 Å². The van der Waals surface area contributed by atoms with Gasteiger partial charge >= 0.3 is 35.5 Å². The minimum absolute atomic E-state index is 0. The summed E-state index contributed by atoms with van der Waals surface area (Å²) in [5, 5.41) is 21.1.